The topological polar surface area (TPSA) is 3.24 Å². The van der Waals surface area contributed by atoms with Gasteiger partial charge in [0.05, 0.1) is 0 Å². The molecule has 0 aromatic heterocycles. The molecule has 1 unspecified atom stereocenters. The molecule has 0 aliphatic carbocycles. The zero-order valence-corrected chi connectivity index (χ0v) is 5.85. The highest BCUT2D eigenvalue weighted by molar-refractivity contribution is 4.67. The summed E-state index contributed by atoms with van der Waals surface area (Å²) >= 11 is 0. The van der Waals surface area contributed by atoms with Gasteiger partial charge in [0, 0.05) is 6.04 Å². The fourth-order valence-electron chi connectivity index (χ4n) is 0.494. The molecule has 0 N–H and O–H groups in total. The van der Waals surface area contributed by atoms with Gasteiger partial charge in [0.15, 0.2) is 0 Å². The van der Waals surface area contributed by atoms with Crippen LogP contribution in [0.5, 0.6) is 0 Å². The first-order valence-electron chi connectivity index (χ1n) is 2.97. The molecule has 0 rings (SSSR count). The lowest BCUT2D eigenvalue weighted by atomic mass is 10.2. The Balaban J connectivity index is 3.17. The van der Waals surface area contributed by atoms with Crippen LogP contribution in [0.2, 0.25) is 0 Å². The minimum Gasteiger partial charge on any atom is -0.306 e. The molecule has 1 heteroatoms. The minimum atomic E-state index is 0.437. The van der Waals surface area contributed by atoms with Crippen LogP contribution in [-0.2, 0) is 0 Å². The first-order chi connectivity index (χ1) is 3.68. The van der Waals surface area contributed by atoms with E-state index in [-0.39, 0.29) is 0 Å². The van der Waals surface area contributed by atoms with Crippen molar-refractivity contribution in [3.05, 3.63) is 13.8 Å². The van der Waals surface area contributed by atoms with Gasteiger partial charge < -0.3 is 4.90 Å². The van der Waals surface area contributed by atoms with Gasteiger partial charge in [-0.2, -0.15) is 0 Å². The summed E-state index contributed by atoms with van der Waals surface area (Å²) in [6.45, 7) is 7.65. The maximum Gasteiger partial charge on any atom is 0.00897 e. The molecule has 0 fully saturated rings. The third kappa shape index (κ3) is 3.03. The third-order valence-electron chi connectivity index (χ3n) is 1.27. The van der Waals surface area contributed by atoms with Crippen molar-refractivity contribution < 1.29 is 0 Å². The van der Waals surface area contributed by atoms with E-state index in [0.717, 1.165) is 12.8 Å². The van der Waals surface area contributed by atoms with Crippen LogP contribution >= 0.6 is 0 Å². The summed E-state index contributed by atoms with van der Waals surface area (Å²) in [6.07, 6.45) is 2.07. The Morgan fingerprint density at radius 2 is 2.00 bits per heavy atom. The first kappa shape index (κ1) is 7.96. The molecule has 0 amide bonds. The second-order valence-electron chi connectivity index (χ2n) is 2.26. The van der Waals surface area contributed by atoms with Crippen molar-refractivity contribution >= 4 is 0 Å². The van der Waals surface area contributed by atoms with Gasteiger partial charge in [-0.3, -0.25) is 0 Å². The van der Waals surface area contributed by atoms with E-state index >= 15 is 0 Å². The lowest BCUT2D eigenvalue weighted by Crippen LogP contribution is -2.24. The van der Waals surface area contributed by atoms with E-state index in [1.807, 2.05) is 14.1 Å². The largest absolute Gasteiger partial charge is 0.306 e. The van der Waals surface area contributed by atoms with Crippen molar-refractivity contribution in [3.8, 4) is 0 Å². The van der Waals surface area contributed by atoms with Crippen LogP contribution in [0.3, 0.4) is 0 Å². The van der Waals surface area contributed by atoms with Crippen molar-refractivity contribution in [2.45, 2.75) is 18.9 Å². The van der Waals surface area contributed by atoms with Crippen molar-refractivity contribution in [1.82, 2.24) is 4.90 Å². The quantitative estimate of drug-likeness (QED) is 0.534. The summed E-state index contributed by atoms with van der Waals surface area (Å²) in [5.41, 5.74) is 0. The second-order valence-corrected chi connectivity index (χ2v) is 2.26. The Morgan fingerprint density at radius 1 is 1.50 bits per heavy atom. The van der Waals surface area contributed by atoms with Gasteiger partial charge in [-0.1, -0.05) is 13.3 Å². The monoisotopic (exact) mass is 113 g/mol. The van der Waals surface area contributed by atoms with E-state index in [1.54, 1.807) is 0 Å². The van der Waals surface area contributed by atoms with Gasteiger partial charge in [0.25, 0.3) is 0 Å². The van der Waals surface area contributed by atoms with E-state index < -0.39 is 0 Å². The minimum absolute atomic E-state index is 0.437. The number of hydrogen-bond acceptors (Lipinski definition) is 1. The van der Waals surface area contributed by atoms with E-state index in [9.17, 15) is 0 Å². The highest BCUT2D eigenvalue weighted by atomic mass is 15.1. The van der Waals surface area contributed by atoms with Crippen molar-refractivity contribution in [1.29, 1.82) is 0 Å². The molecule has 48 valence electrons. The third-order valence-corrected chi connectivity index (χ3v) is 1.27. The summed E-state index contributed by atoms with van der Waals surface area (Å²) in [7, 11) is 4.07. The van der Waals surface area contributed by atoms with Gasteiger partial charge in [0.1, 0.15) is 0 Å². The van der Waals surface area contributed by atoms with Gasteiger partial charge in [-0.05, 0) is 27.4 Å². The van der Waals surface area contributed by atoms with Crippen LogP contribution in [0, 0.1) is 13.8 Å². The molecule has 0 aromatic carbocycles. The van der Waals surface area contributed by atoms with Crippen LogP contribution in [0.1, 0.15) is 12.8 Å². The molecule has 0 heterocycles. The van der Waals surface area contributed by atoms with Crippen molar-refractivity contribution in [2.75, 3.05) is 14.1 Å². The maximum absolute atomic E-state index is 3.91. The SMILES string of the molecule is [CH2]CCC([CH2])N(C)C. The lowest BCUT2D eigenvalue weighted by molar-refractivity contribution is 0.326. The van der Waals surface area contributed by atoms with Crippen LogP contribution in [0.4, 0.5) is 0 Å². The van der Waals surface area contributed by atoms with Gasteiger partial charge in [-0.25, -0.2) is 0 Å². The predicted molar refractivity (Wildman–Crippen MR) is 37.4 cm³/mol. The Labute approximate surface area is 52.7 Å². The molecule has 1 nitrogen and oxygen atoms in total. The molecule has 0 aliphatic heterocycles. The fourth-order valence-corrected chi connectivity index (χ4v) is 0.494. The van der Waals surface area contributed by atoms with Gasteiger partial charge >= 0.3 is 0 Å². The fraction of sp³-hybridized carbons (Fsp3) is 0.714. The van der Waals surface area contributed by atoms with Gasteiger partial charge in [-0.15, -0.1) is 0 Å². The summed E-state index contributed by atoms with van der Waals surface area (Å²) in [4.78, 5) is 2.10. The van der Waals surface area contributed by atoms with E-state index in [0.29, 0.717) is 6.04 Å². The molecule has 1 atom stereocenters. The molecule has 0 aliphatic rings. The van der Waals surface area contributed by atoms with E-state index in [1.165, 1.54) is 0 Å². The number of hydrogen-bond donors (Lipinski definition) is 0. The lowest BCUT2D eigenvalue weighted by Gasteiger charge is -2.17. The molecular formula is C7H15N. The summed E-state index contributed by atoms with van der Waals surface area (Å²) < 4.78 is 0. The summed E-state index contributed by atoms with van der Waals surface area (Å²) in [5, 5.41) is 0. The zero-order chi connectivity index (χ0) is 6.57. The average molecular weight is 113 g/mol. The Morgan fingerprint density at radius 3 is 2.12 bits per heavy atom. The average Bonchev–Trinajstić information content (AvgIpc) is 1.67. The molecule has 2 radical (unpaired) electrons. The zero-order valence-electron chi connectivity index (χ0n) is 5.85. The maximum atomic E-state index is 3.91. The summed E-state index contributed by atoms with van der Waals surface area (Å²) in [5.74, 6) is 0. The van der Waals surface area contributed by atoms with Crippen LogP contribution in [0.15, 0.2) is 0 Å². The second kappa shape index (κ2) is 3.90. The smallest absolute Gasteiger partial charge is 0.00897 e. The van der Waals surface area contributed by atoms with Crippen LogP contribution in [-0.4, -0.2) is 25.0 Å². The molecule has 0 spiro atoms. The van der Waals surface area contributed by atoms with Crippen molar-refractivity contribution in [3.63, 3.8) is 0 Å². The molecule has 0 aromatic rings. The van der Waals surface area contributed by atoms with Crippen molar-refractivity contribution in [2.24, 2.45) is 0 Å². The molecule has 0 saturated carbocycles. The standard InChI is InChI=1S/C7H15N/c1-5-6-7(2)8(3)4/h7H,1-2,5-6H2,3-4H3. The highest BCUT2D eigenvalue weighted by Crippen LogP contribution is 1.98. The Kier molecular flexibility index (Phi) is 3.88. The van der Waals surface area contributed by atoms with Crippen LogP contribution in [0.25, 0.3) is 0 Å². The normalized spacial score (nSPS) is 14.6. The number of nitrogens with zero attached hydrogens (tertiary/aromatic N) is 1. The van der Waals surface area contributed by atoms with Crippen LogP contribution < -0.4 is 0 Å². The predicted octanol–water partition coefficient (Wildman–Crippen LogP) is 1.36. The molecule has 8 heavy (non-hydrogen) atoms. The molecule has 0 bridgehead atoms. The molecule has 0 saturated heterocycles. The van der Waals surface area contributed by atoms with E-state index in [4.69, 9.17) is 0 Å². The van der Waals surface area contributed by atoms with E-state index in [2.05, 4.69) is 18.7 Å². The van der Waals surface area contributed by atoms with Gasteiger partial charge in [0.2, 0.25) is 0 Å². The Bertz CT molecular complexity index is 50.3. The first-order valence-corrected chi connectivity index (χ1v) is 2.97. The summed E-state index contributed by atoms with van der Waals surface area (Å²) in [6, 6.07) is 0.437. The number of rotatable bonds is 3. The highest BCUT2D eigenvalue weighted by Gasteiger charge is 2.00. The molecular weight excluding hydrogens is 98.1 g/mol. The Hall–Kier alpha value is -0.0400.